The number of nitrogens with zero attached hydrogens (tertiary/aromatic N) is 2. The lowest BCUT2D eigenvalue weighted by molar-refractivity contribution is 0.374. The van der Waals surface area contributed by atoms with Crippen LogP contribution >= 0.6 is 0 Å². The Morgan fingerprint density at radius 3 is 2.32 bits per heavy atom. The number of nitrogens with two attached hydrogens (primary N) is 1. The Balaban J connectivity index is 2.34. The van der Waals surface area contributed by atoms with Crippen LogP contribution in [0.1, 0.15) is 30.2 Å². The molecule has 0 spiro atoms. The molecule has 1 atom stereocenters. The van der Waals surface area contributed by atoms with E-state index in [0.29, 0.717) is 29.6 Å². The summed E-state index contributed by atoms with van der Waals surface area (Å²) in [6, 6.07) is 4.96. The van der Waals surface area contributed by atoms with E-state index in [1.54, 1.807) is 20.3 Å². The van der Waals surface area contributed by atoms with Crippen LogP contribution in [-0.4, -0.2) is 24.4 Å². The fraction of sp³-hybridized carbons (Fsp3) is 0.385. The second-order valence-corrected chi connectivity index (χ2v) is 4.02. The van der Waals surface area contributed by atoms with Crippen molar-refractivity contribution in [3.8, 4) is 11.5 Å². The molecule has 19 heavy (non-hydrogen) atoms. The summed E-state index contributed by atoms with van der Waals surface area (Å²) in [6.07, 6.45) is 0.682. The number of methoxy groups -OCH3 is 2. The number of aromatic nitrogens is 2. The molecule has 0 aliphatic carbocycles. The van der Waals surface area contributed by atoms with Crippen LogP contribution in [0, 0.1) is 0 Å². The molecule has 1 heterocycles. The van der Waals surface area contributed by atoms with Gasteiger partial charge in [-0.3, -0.25) is 0 Å². The lowest BCUT2D eigenvalue weighted by Crippen LogP contribution is -2.14. The Morgan fingerprint density at radius 1 is 1.21 bits per heavy atom. The van der Waals surface area contributed by atoms with Crippen LogP contribution in [0.15, 0.2) is 22.7 Å². The number of ether oxygens (including phenoxy) is 2. The molecule has 1 aromatic carbocycles. The van der Waals surface area contributed by atoms with Gasteiger partial charge in [-0.15, -0.1) is 0 Å². The molecule has 0 aliphatic heterocycles. The smallest absolute Gasteiger partial charge is 0.226 e. The van der Waals surface area contributed by atoms with Gasteiger partial charge < -0.3 is 19.7 Å². The average molecular weight is 263 g/mol. The van der Waals surface area contributed by atoms with E-state index in [0.717, 1.165) is 5.56 Å². The van der Waals surface area contributed by atoms with Gasteiger partial charge in [-0.1, -0.05) is 12.1 Å². The summed E-state index contributed by atoms with van der Waals surface area (Å²) in [7, 11) is 3.18. The van der Waals surface area contributed by atoms with E-state index in [2.05, 4.69) is 10.1 Å². The Kier molecular flexibility index (Phi) is 4.01. The molecule has 0 saturated carbocycles. The zero-order valence-corrected chi connectivity index (χ0v) is 11.2. The maximum absolute atomic E-state index is 6.14. The van der Waals surface area contributed by atoms with Gasteiger partial charge in [-0.05, 0) is 17.7 Å². The van der Waals surface area contributed by atoms with Gasteiger partial charge in [0.2, 0.25) is 5.89 Å². The van der Waals surface area contributed by atoms with Gasteiger partial charge in [0.05, 0.1) is 20.3 Å². The van der Waals surface area contributed by atoms with Crippen LogP contribution in [0.3, 0.4) is 0 Å². The molecule has 0 fully saturated rings. The van der Waals surface area contributed by atoms with E-state index in [1.807, 2.05) is 19.1 Å². The standard InChI is InChI=1S/C13H17N3O3/c1-4-11-15-13(16-19-11)12(14)8-5-9(17-2)7-10(6-8)18-3/h5-7,12H,4,14H2,1-3H3. The fourth-order valence-electron chi connectivity index (χ4n) is 1.70. The second kappa shape index (κ2) is 5.71. The largest absolute Gasteiger partial charge is 0.497 e. The molecule has 6 heteroatoms. The van der Waals surface area contributed by atoms with E-state index in [9.17, 15) is 0 Å². The molecule has 102 valence electrons. The van der Waals surface area contributed by atoms with Crippen LogP contribution in [-0.2, 0) is 6.42 Å². The molecule has 0 amide bonds. The van der Waals surface area contributed by atoms with Crippen molar-refractivity contribution < 1.29 is 14.0 Å². The molecule has 2 aromatic rings. The zero-order valence-electron chi connectivity index (χ0n) is 11.2. The molecule has 2 rings (SSSR count). The van der Waals surface area contributed by atoms with Gasteiger partial charge in [0.1, 0.15) is 11.5 Å². The number of rotatable bonds is 5. The predicted molar refractivity (Wildman–Crippen MR) is 69.3 cm³/mol. The van der Waals surface area contributed by atoms with Crippen molar-refractivity contribution in [1.82, 2.24) is 10.1 Å². The maximum atomic E-state index is 6.14. The maximum Gasteiger partial charge on any atom is 0.226 e. The third kappa shape index (κ3) is 2.85. The monoisotopic (exact) mass is 263 g/mol. The topological polar surface area (TPSA) is 83.4 Å². The van der Waals surface area contributed by atoms with Gasteiger partial charge in [0, 0.05) is 12.5 Å². The van der Waals surface area contributed by atoms with Crippen molar-refractivity contribution in [2.45, 2.75) is 19.4 Å². The van der Waals surface area contributed by atoms with Crippen molar-refractivity contribution in [2.75, 3.05) is 14.2 Å². The number of benzene rings is 1. The fourth-order valence-corrected chi connectivity index (χ4v) is 1.70. The first-order valence-corrected chi connectivity index (χ1v) is 5.99. The van der Waals surface area contributed by atoms with Crippen LogP contribution in [0.5, 0.6) is 11.5 Å². The minimum Gasteiger partial charge on any atom is -0.497 e. The molecule has 2 N–H and O–H groups in total. The van der Waals surface area contributed by atoms with Crippen molar-refractivity contribution in [3.63, 3.8) is 0 Å². The molecule has 0 saturated heterocycles. The van der Waals surface area contributed by atoms with Gasteiger partial charge >= 0.3 is 0 Å². The van der Waals surface area contributed by atoms with E-state index in [4.69, 9.17) is 19.7 Å². The summed E-state index contributed by atoms with van der Waals surface area (Å²) in [5.41, 5.74) is 6.94. The van der Waals surface area contributed by atoms with Gasteiger partial charge in [0.15, 0.2) is 5.82 Å². The summed E-state index contributed by atoms with van der Waals surface area (Å²) in [4.78, 5) is 4.23. The SMILES string of the molecule is CCc1nc(C(N)c2cc(OC)cc(OC)c2)no1. The van der Waals surface area contributed by atoms with Gasteiger partial charge in [0.25, 0.3) is 0 Å². The highest BCUT2D eigenvalue weighted by Crippen LogP contribution is 2.27. The number of hydrogen-bond acceptors (Lipinski definition) is 6. The van der Waals surface area contributed by atoms with Crippen molar-refractivity contribution in [3.05, 3.63) is 35.5 Å². The van der Waals surface area contributed by atoms with E-state index >= 15 is 0 Å². The minimum absolute atomic E-state index is 0.451. The summed E-state index contributed by atoms with van der Waals surface area (Å²) >= 11 is 0. The first kappa shape index (κ1) is 13.4. The van der Waals surface area contributed by atoms with E-state index < -0.39 is 6.04 Å². The molecule has 0 bridgehead atoms. The van der Waals surface area contributed by atoms with Crippen molar-refractivity contribution in [2.24, 2.45) is 5.73 Å². The summed E-state index contributed by atoms with van der Waals surface area (Å²) in [5.74, 6) is 2.36. The highest BCUT2D eigenvalue weighted by molar-refractivity contribution is 5.41. The highest BCUT2D eigenvalue weighted by Gasteiger charge is 2.17. The average Bonchev–Trinajstić information content (AvgIpc) is 2.94. The first-order valence-electron chi connectivity index (χ1n) is 5.99. The molecule has 0 radical (unpaired) electrons. The van der Waals surface area contributed by atoms with Gasteiger partial charge in [-0.2, -0.15) is 4.98 Å². The molecular formula is C13H17N3O3. The van der Waals surface area contributed by atoms with Crippen LogP contribution in [0.25, 0.3) is 0 Å². The lowest BCUT2D eigenvalue weighted by Gasteiger charge is -2.11. The highest BCUT2D eigenvalue weighted by atomic mass is 16.5. The summed E-state index contributed by atoms with van der Waals surface area (Å²) < 4.78 is 15.5. The van der Waals surface area contributed by atoms with Crippen molar-refractivity contribution in [1.29, 1.82) is 0 Å². The quantitative estimate of drug-likeness (QED) is 0.883. The van der Waals surface area contributed by atoms with Crippen LogP contribution in [0.4, 0.5) is 0 Å². The Bertz CT molecular complexity index is 532. The van der Waals surface area contributed by atoms with Crippen LogP contribution in [0.2, 0.25) is 0 Å². The third-order valence-corrected chi connectivity index (χ3v) is 2.80. The Morgan fingerprint density at radius 2 is 1.84 bits per heavy atom. The molecular weight excluding hydrogens is 246 g/mol. The van der Waals surface area contributed by atoms with Crippen molar-refractivity contribution >= 4 is 0 Å². The van der Waals surface area contributed by atoms with E-state index in [-0.39, 0.29) is 0 Å². The minimum atomic E-state index is -0.479. The van der Waals surface area contributed by atoms with Gasteiger partial charge in [-0.25, -0.2) is 0 Å². The molecule has 6 nitrogen and oxygen atoms in total. The Labute approximate surface area is 111 Å². The van der Waals surface area contributed by atoms with E-state index in [1.165, 1.54) is 0 Å². The molecule has 1 aromatic heterocycles. The predicted octanol–water partition coefficient (Wildman–Crippen LogP) is 1.70. The third-order valence-electron chi connectivity index (χ3n) is 2.80. The first-order chi connectivity index (χ1) is 9.17. The molecule has 1 unspecified atom stereocenters. The summed E-state index contributed by atoms with van der Waals surface area (Å²) in [6.45, 7) is 1.94. The normalized spacial score (nSPS) is 12.2. The number of aryl methyl sites for hydroxylation is 1. The second-order valence-electron chi connectivity index (χ2n) is 4.02. The number of hydrogen-bond donors (Lipinski definition) is 1. The molecule has 0 aliphatic rings. The Hall–Kier alpha value is -2.08. The van der Waals surface area contributed by atoms with Crippen LogP contribution < -0.4 is 15.2 Å². The zero-order chi connectivity index (χ0) is 13.8. The summed E-state index contributed by atoms with van der Waals surface area (Å²) in [5, 5.41) is 3.88. The lowest BCUT2D eigenvalue weighted by atomic mass is 10.1.